The number of rotatable bonds is 2. The highest BCUT2D eigenvalue weighted by Gasteiger charge is 2.50. The Kier molecular flexibility index (Phi) is 4.62. The van der Waals surface area contributed by atoms with Gasteiger partial charge in [0.05, 0.1) is 12.4 Å². The second kappa shape index (κ2) is 7.10. The molecule has 1 spiro atoms. The van der Waals surface area contributed by atoms with Crippen molar-refractivity contribution in [1.29, 1.82) is 0 Å². The van der Waals surface area contributed by atoms with E-state index in [1.807, 2.05) is 35.2 Å². The van der Waals surface area contributed by atoms with Crippen molar-refractivity contribution in [2.45, 2.75) is 18.4 Å². The van der Waals surface area contributed by atoms with Crippen molar-refractivity contribution in [3.8, 4) is 0 Å². The maximum Gasteiger partial charge on any atom is 0.321 e. The third kappa shape index (κ3) is 3.15. The largest absolute Gasteiger partial charge is 0.339 e. The van der Waals surface area contributed by atoms with Gasteiger partial charge in [0.1, 0.15) is 17.2 Å². The Morgan fingerprint density at radius 2 is 1.79 bits per heavy atom. The number of para-hydroxylation sites is 1. The highest BCUT2D eigenvalue weighted by atomic mass is 19.1. The topological polar surface area (TPSA) is 64.7 Å². The zero-order valence-electron chi connectivity index (χ0n) is 15.1. The third-order valence-corrected chi connectivity index (χ3v) is 5.46. The van der Waals surface area contributed by atoms with Crippen LogP contribution < -0.4 is 15.5 Å². The van der Waals surface area contributed by atoms with Crippen molar-refractivity contribution >= 4 is 23.3 Å². The molecule has 0 radical (unpaired) electrons. The molecule has 2 aromatic rings. The summed E-state index contributed by atoms with van der Waals surface area (Å²) in [4.78, 5) is 28.7. The Balaban J connectivity index is 1.46. The second-order valence-corrected chi connectivity index (χ2v) is 7.00. The van der Waals surface area contributed by atoms with Crippen molar-refractivity contribution in [2.24, 2.45) is 0 Å². The molecule has 6 nitrogen and oxygen atoms in total. The fourth-order valence-electron chi connectivity index (χ4n) is 3.90. The van der Waals surface area contributed by atoms with Crippen LogP contribution in [0.2, 0.25) is 0 Å². The maximum absolute atomic E-state index is 13.8. The summed E-state index contributed by atoms with van der Waals surface area (Å²) < 4.78 is 26.8. The second-order valence-electron chi connectivity index (χ2n) is 7.00. The van der Waals surface area contributed by atoms with Gasteiger partial charge in [-0.25, -0.2) is 13.6 Å². The number of likely N-dealkylation sites (tertiary alicyclic amines) is 1. The molecule has 4 rings (SSSR count). The molecule has 2 aromatic carbocycles. The van der Waals surface area contributed by atoms with Gasteiger partial charge < -0.3 is 20.4 Å². The first-order valence-electron chi connectivity index (χ1n) is 9.12. The highest BCUT2D eigenvalue weighted by molar-refractivity contribution is 5.94. The summed E-state index contributed by atoms with van der Waals surface area (Å²) in [5.74, 6) is -1.57. The molecule has 8 heteroatoms. The number of hydrogen-bond donors (Lipinski definition) is 2. The number of carbonyl (C=O) groups is 2. The van der Waals surface area contributed by atoms with E-state index in [1.54, 1.807) is 4.90 Å². The fraction of sp³-hybridized carbons (Fsp3) is 0.300. The molecule has 2 fully saturated rings. The summed E-state index contributed by atoms with van der Waals surface area (Å²) in [5.41, 5.74) is 0.183. The van der Waals surface area contributed by atoms with E-state index in [0.29, 0.717) is 32.6 Å². The van der Waals surface area contributed by atoms with Crippen molar-refractivity contribution < 1.29 is 18.4 Å². The number of nitrogens with one attached hydrogen (secondary N) is 2. The van der Waals surface area contributed by atoms with Gasteiger partial charge >= 0.3 is 6.03 Å². The molecule has 3 amide bonds. The number of carbonyl (C=O) groups excluding carboxylic acids is 2. The summed E-state index contributed by atoms with van der Waals surface area (Å²) in [7, 11) is 0. The minimum atomic E-state index is -0.827. The lowest BCUT2D eigenvalue weighted by atomic mass is 9.85. The van der Waals surface area contributed by atoms with Crippen molar-refractivity contribution in [3.63, 3.8) is 0 Å². The molecule has 0 aliphatic carbocycles. The number of halogens is 2. The van der Waals surface area contributed by atoms with Gasteiger partial charge in [0.25, 0.3) is 0 Å². The Hall–Kier alpha value is -3.16. The zero-order valence-corrected chi connectivity index (χ0v) is 15.1. The van der Waals surface area contributed by atoms with Crippen LogP contribution in [0.15, 0.2) is 48.5 Å². The third-order valence-electron chi connectivity index (χ3n) is 5.46. The summed E-state index contributed by atoms with van der Waals surface area (Å²) in [5, 5.41) is 5.38. The number of urea groups is 1. The lowest BCUT2D eigenvalue weighted by Gasteiger charge is -2.43. The quantitative estimate of drug-likeness (QED) is 0.834. The molecule has 2 aliphatic heterocycles. The Morgan fingerprint density at radius 3 is 2.46 bits per heavy atom. The summed E-state index contributed by atoms with van der Waals surface area (Å²) >= 11 is 0. The first-order chi connectivity index (χ1) is 13.5. The van der Waals surface area contributed by atoms with E-state index in [0.717, 1.165) is 17.8 Å². The Bertz CT molecular complexity index is 898. The Morgan fingerprint density at radius 1 is 1.07 bits per heavy atom. The molecule has 2 aliphatic rings. The van der Waals surface area contributed by atoms with Gasteiger partial charge in [-0.05, 0) is 37.1 Å². The van der Waals surface area contributed by atoms with Crippen LogP contribution in [-0.2, 0) is 4.79 Å². The fourth-order valence-corrected chi connectivity index (χ4v) is 3.90. The Labute approximate surface area is 161 Å². The summed E-state index contributed by atoms with van der Waals surface area (Å²) in [6.07, 6.45) is 0.931. The SMILES string of the molecule is O=C(Nc1ccc(F)cc1F)N1CCC2(CC1)C(=O)NCN2c1ccccc1. The van der Waals surface area contributed by atoms with Crippen LogP contribution >= 0.6 is 0 Å². The molecule has 0 saturated carbocycles. The maximum atomic E-state index is 13.8. The number of piperidine rings is 1. The lowest BCUT2D eigenvalue weighted by Crippen LogP contribution is -2.57. The van der Waals surface area contributed by atoms with Gasteiger partial charge in [-0.2, -0.15) is 0 Å². The molecule has 28 heavy (non-hydrogen) atoms. The van der Waals surface area contributed by atoms with E-state index in [-0.39, 0.29) is 11.6 Å². The number of hydrogen-bond acceptors (Lipinski definition) is 3. The zero-order chi connectivity index (χ0) is 19.7. The average molecular weight is 386 g/mol. The number of anilines is 2. The molecule has 0 bridgehead atoms. The van der Waals surface area contributed by atoms with Crippen LogP contribution in [-0.4, -0.2) is 42.1 Å². The van der Waals surface area contributed by atoms with Crippen molar-refractivity contribution in [2.75, 3.05) is 30.0 Å². The molecule has 0 unspecified atom stereocenters. The minimum Gasteiger partial charge on any atom is -0.339 e. The van der Waals surface area contributed by atoms with E-state index < -0.39 is 23.2 Å². The number of amides is 3. The lowest BCUT2D eigenvalue weighted by molar-refractivity contribution is -0.124. The van der Waals surface area contributed by atoms with Crippen LogP contribution in [0.3, 0.4) is 0 Å². The highest BCUT2D eigenvalue weighted by Crippen LogP contribution is 2.36. The average Bonchev–Trinajstić information content (AvgIpc) is 3.01. The van der Waals surface area contributed by atoms with Gasteiger partial charge in [-0.3, -0.25) is 4.79 Å². The molecule has 146 valence electrons. The van der Waals surface area contributed by atoms with E-state index in [2.05, 4.69) is 10.6 Å². The molecule has 2 saturated heterocycles. The number of benzene rings is 2. The number of nitrogens with zero attached hydrogens (tertiary/aromatic N) is 2. The van der Waals surface area contributed by atoms with Gasteiger partial charge in [0, 0.05) is 24.8 Å². The van der Waals surface area contributed by atoms with Crippen LogP contribution in [0, 0.1) is 11.6 Å². The van der Waals surface area contributed by atoms with E-state index in [9.17, 15) is 18.4 Å². The molecule has 0 atom stereocenters. The molecule has 2 heterocycles. The molecular weight excluding hydrogens is 366 g/mol. The van der Waals surface area contributed by atoms with Crippen molar-refractivity contribution in [1.82, 2.24) is 10.2 Å². The standard InChI is InChI=1S/C20H20F2N4O2/c21-14-6-7-17(16(22)12-14)24-19(28)25-10-8-20(9-11-25)18(27)23-13-26(20)15-4-2-1-3-5-15/h1-7,12H,8-11,13H2,(H,23,27)(H,24,28). The predicted octanol–water partition coefficient (Wildman–Crippen LogP) is 2.93. The van der Waals surface area contributed by atoms with Crippen LogP contribution in [0.4, 0.5) is 25.0 Å². The van der Waals surface area contributed by atoms with Crippen LogP contribution in [0.1, 0.15) is 12.8 Å². The van der Waals surface area contributed by atoms with Gasteiger partial charge in [0.15, 0.2) is 0 Å². The predicted molar refractivity (Wildman–Crippen MR) is 101 cm³/mol. The normalized spacial score (nSPS) is 18.3. The molecular formula is C20H20F2N4O2. The van der Waals surface area contributed by atoms with E-state index in [4.69, 9.17) is 0 Å². The van der Waals surface area contributed by atoms with Gasteiger partial charge in [-0.1, -0.05) is 18.2 Å². The minimum absolute atomic E-state index is 0.0407. The van der Waals surface area contributed by atoms with Gasteiger partial charge in [-0.15, -0.1) is 0 Å². The molecule has 2 N–H and O–H groups in total. The smallest absolute Gasteiger partial charge is 0.321 e. The van der Waals surface area contributed by atoms with Crippen LogP contribution in [0.5, 0.6) is 0 Å². The molecule has 0 aromatic heterocycles. The first-order valence-corrected chi connectivity index (χ1v) is 9.12. The van der Waals surface area contributed by atoms with Crippen LogP contribution in [0.25, 0.3) is 0 Å². The van der Waals surface area contributed by atoms with E-state index in [1.165, 1.54) is 6.07 Å². The monoisotopic (exact) mass is 386 g/mol. The first kappa shape index (κ1) is 18.2. The summed E-state index contributed by atoms with van der Waals surface area (Å²) in [6, 6.07) is 12.2. The summed E-state index contributed by atoms with van der Waals surface area (Å²) in [6.45, 7) is 1.13. The van der Waals surface area contributed by atoms with E-state index >= 15 is 0 Å². The van der Waals surface area contributed by atoms with Gasteiger partial charge in [0.2, 0.25) is 5.91 Å². The van der Waals surface area contributed by atoms with Crippen molar-refractivity contribution in [3.05, 3.63) is 60.2 Å².